The van der Waals surface area contributed by atoms with Crippen molar-refractivity contribution < 1.29 is 9.18 Å². The van der Waals surface area contributed by atoms with Gasteiger partial charge in [-0.1, -0.05) is 11.8 Å². The third-order valence-corrected chi connectivity index (χ3v) is 1.63. The molecule has 1 N–H and O–H groups in total. The lowest BCUT2D eigenvalue weighted by Gasteiger charge is -1.95. The van der Waals surface area contributed by atoms with E-state index in [0.717, 1.165) is 0 Å². The Morgan fingerprint density at radius 2 is 2.36 bits per heavy atom. The molecule has 0 bridgehead atoms. The van der Waals surface area contributed by atoms with Crippen LogP contribution >= 0.6 is 0 Å². The molecule has 0 aliphatic rings. The largest absolute Gasteiger partial charge is 0.309 e. The van der Waals surface area contributed by atoms with E-state index in [9.17, 15) is 9.18 Å². The summed E-state index contributed by atoms with van der Waals surface area (Å²) in [6.45, 7) is 0.537. The molecular weight excluding hydrogens is 181 g/mol. The Labute approximate surface area is 82.1 Å². The highest BCUT2D eigenvalue weighted by Crippen LogP contribution is 2.07. The Morgan fingerprint density at radius 3 is 3.00 bits per heavy atom. The van der Waals surface area contributed by atoms with E-state index >= 15 is 0 Å². The fourth-order valence-corrected chi connectivity index (χ4v) is 0.973. The zero-order valence-corrected chi connectivity index (χ0v) is 7.80. The molecule has 2 nitrogen and oxygen atoms in total. The first-order valence-corrected chi connectivity index (χ1v) is 4.16. The molecule has 0 atom stereocenters. The minimum absolute atomic E-state index is 0.286. The average Bonchev–Trinajstić information content (AvgIpc) is 2.20. The van der Waals surface area contributed by atoms with Crippen molar-refractivity contribution >= 4 is 6.29 Å². The van der Waals surface area contributed by atoms with Crippen LogP contribution in [0.4, 0.5) is 4.39 Å². The van der Waals surface area contributed by atoms with E-state index in [2.05, 4.69) is 17.2 Å². The summed E-state index contributed by atoms with van der Waals surface area (Å²) < 4.78 is 12.7. The van der Waals surface area contributed by atoms with E-state index in [4.69, 9.17) is 0 Å². The number of nitrogens with one attached hydrogen (secondary N) is 1. The zero-order valence-electron chi connectivity index (χ0n) is 7.80. The van der Waals surface area contributed by atoms with Crippen molar-refractivity contribution in [2.45, 2.75) is 0 Å². The van der Waals surface area contributed by atoms with Crippen molar-refractivity contribution in [2.24, 2.45) is 0 Å². The van der Waals surface area contributed by atoms with Crippen LogP contribution in [-0.2, 0) is 0 Å². The van der Waals surface area contributed by atoms with E-state index < -0.39 is 5.82 Å². The van der Waals surface area contributed by atoms with Crippen LogP contribution in [0.25, 0.3) is 0 Å². The number of aldehydes is 1. The predicted octanol–water partition coefficient (Wildman–Crippen LogP) is 1.21. The lowest BCUT2D eigenvalue weighted by molar-refractivity contribution is 0.112. The fourth-order valence-electron chi connectivity index (χ4n) is 0.973. The second-order valence-electron chi connectivity index (χ2n) is 2.68. The van der Waals surface area contributed by atoms with Crippen LogP contribution in [0, 0.1) is 17.7 Å². The summed E-state index contributed by atoms with van der Waals surface area (Å²) in [4.78, 5) is 10.6. The average molecular weight is 191 g/mol. The van der Waals surface area contributed by atoms with Gasteiger partial charge in [-0.05, 0) is 25.2 Å². The van der Waals surface area contributed by atoms with Crippen LogP contribution in [0.15, 0.2) is 18.2 Å². The zero-order chi connectivity index (χ0) is 10.4. The molecule has 1 rings (SSSR count). The number of hydrogen-bond acceptors (Lipinski definition) is 2. The summed E-state index contributed by atoms with van der Waals surface area (Å²) in [5.41, 5.74) is 0.838. The number of rotatable bonds is 2. The Hall–Kier alpha value is -1.66. The van der Waals surface area contributed by atoms with Crippen molar-refractivity contribution in [3.63, 3.8) is 0 Å². The molecule has 14 heavy (non-hydrogen) atoms. The summed E-state index contributed by atoms with van der Waals surface area (Å²) in [7, 11) is 1.78. The molecule has 0 heterocycles. The van der Waals surface area contributed by atoms with Gasteiger partial charge < -0.3 is 5.32 Å². The van der Waals surface area contributed by atoms with E-state index in [0.29, 0.717) is 18.4 Å². The highest BCUT2D eigenvalue weighted by Gasteiger charge is 1.99. The molecule has 3 heteroatoms. The van der Waals surface area contributed by atoms with Gasteiger partial charge in [0.05, 0.1) is 6.54 Å². The maximum absolute atomic E-state index is 12.7. The maximum atomic E-state index is 12.7. The van der Waals surface area contributed by atoms with Crippen molar-refractivity contribution in [3.8, 4) is 11.8 Å². The number of carbonyl (C=O) groups excluding carboxylic acids is 1. The second kappa shape index (κ2) is 5.15. The van der Waals surface area contributed by atoms with Crippen LogP contribution in [-0.4, -0.2) is 19.9 Å². The summed E-state index contributed by atoms with van der Waals surface area (Å²) in [6.07, 6.45) is 0.604. The Morgan fingerprint density at radius 1 is 1.57 bits per heavy atom. The highest BCUT2D eigenvalue weighted by molar-refractivity contribution is 5.79. The molecule has 1 aromatic carbocycles. The van der Waals surface area contributed by atoms with Crippen LogP contribution in [0.1, 0.15) is 15.9 Å². The minimum atomic E-state index is -0.425. The van der Waals surface area contributed by atoms with Gasteiger partial charge in [-0.2, -0.15) is 0 Å². The van der Waals surface area contributed by atoms with Crippen LogP contribution in [0.2, 0.25) is 0 Å². The second-order valence-corrected chi connectivity index (χ2v) is 2.68. The van der Waals surface area contributed by atoms with E-state index in [1.807, 2.05) is 0 Å². The lowest BCUT2D eigenvalue weighted by Crippen LogP contribution is -2.04. The summed E-state index contributed by atoms with van der Waals surface area (Å²) in [6, 6.07) is 3.97. The van der Waals surface area contributed by atoms with Gasteiger partial charge in [0.25, 0.3) is 0 Å². The summed E-state index contributed by atoms with van der Waals surface area (Å²) >= 11 is 0. The van der Waals surface area contributed by atoms with Gasteiger partial charge in [0.15, 0.2) is 6.29 Å². The monoisotopic (exact) mass is 191 g/mol. The third-order valence-electron chi connectivity index (χ3n) is 1.63. The molecule has 72 valence electrons. The van der Waals surface area contributed by atoms with Crippen molar-refractivity contribution in [3.05, 3.63) is 35.1 Å². The van der Waals surface area contributed by atoms with Gasteiger partial charge in [0, 0.05) is 11.1 Å². The Balaban J connectivity index is 2.98. The van der Waals surface area contributed by atoms with Crippen molar-refractivity contribution in [2.75, 3.05) is 13.6 Å². The SMILES string of the molecule is CNCC#Cc1ccc(F)cc1C=O. The quantitative estimate of drug-likeness (QED) is 0.562. The molecule has 0 aliphatic carbocycles. The smallest absolute Gasteiger partial charge is 0.151 e. The highest BCUT2D eigenvalue weighted by atomic mass is 19.1. The molecule has 0 amide bonds. The molecule has 0 aliphatic heterocycles. The molecule has 1 aromatic rings. The van der Waals surface area contributed by atoms with Gasteiger partial charge in [0.2, 0.25) is 0 Å². The first-order valence-electron chi connectivity index (χ1n) is 4.16. The normalized spacial score (nSPS) is 9.00. The van der Waals surface area contributed by atoms with Gasteiger partial charge in [-0.3, -0.25) is 4.79 Å². The van der Waals surface area contributed by atoms with E-state index in [1.165, 1.54) is 18.2 Å². The predicted molar refractivity (Wildman–Crippen MR) is 52.6 cm³/mol. The van der Waals surface area contributed by atoms with E-state index in [1.54, 1.807) is 7.05 Å². The lowest BCUT2D eigenvalue weighted by atomic mass is 10.1. The maximum Gasteiger partial charge on any atom is 0.151 e. The third kappa shape index (κ3) is 2.68. The van der Waals surface area contributed by atoms with Crippen molar-refractivity contribution in [1.82, 2.24) is 5.32 Å². The molecule has 0 unspecified atom stereocenters. The first kappa shape index (κ1) is 10.4. The van der Waals surface area contributed by atoms with Gasteiger partial charge in [-0.15, -0.1) is 0 Å². The minimum Gasteiger partial charge on any atom is -0.309 e. The van der Waals surface area contributed by atoms with Crippen LogP contribution in [0.5, 0.6) is 0 Å². The number of benzene rings is 1. The molecule has 0 fully saturated rings. The van der Waals surface area contributed by atoms with E-state index in [-0.39, 0.29) is 5.56 Å². The molecule has 0 aromatic heterocycles. The topological polar surface area (TPSA) is 29.1 Å². The van der Waals surface area contributed by atoms with Crippen molar-refractivity contribution in [1.29, 1.82) is 0 Å². The Bertz CT molecular complexity index is 390. The van der Waals surface area contributed by atoms with Crippen LogP contribution < -0.4 is 5.32 Å². The van der Waals surface area contributed by atoms with Gasteiger partial charge >= 0.3 is 0 Å². The number of carbonyl (C=O) groups is 1. The summed E-state index contributed by atoms with van der Waals surface area (Å²) in [5.74, 6) is 5.16. The number of hydrogen-bond donors (Lipinski definition) is 1. The standard InChI is InChI=1S/C11H10FNO/c1-13-6-2-3-9-4-5-11(12)7-10(9)8-14/h4-5,7-8,13H,6H2,1H3. The van der Waals surface area contributed by atoms with Gasteiger partial charge in [-0.25, -0.2) is 4.39 Å². The molecule has 0 radical (unpaired) electrons. The molecule has 0 saturated carbocycles. The number of halogens is 1. The summed E-state index contributed by atoms with van der Waals surface area (Å²) in [5, 5.41) is 2.85. The molecular formula is C11H10FNO. The Kier molecular flexibility index (Phi) is 3.84. The van der Waals surface area contributed by atoms with Crippen LogP contribution in [0.3, 0.4) is 0 Å². The molecule has 0 spiro atoms. The first-order chi connectivity index (χ1) is 6.77. The van der Waals surface area contributed by atoms with Gasteiger partial charge in [0.1, 0.15) is 5.82 Å². The fraction of sp³-hybridized carbons (Fsp3) is 0.182. The molecule has 0 saturated heterocycles.